The maximum Gasteiger partial charge on any atom is 0.332 e. The van der Waals surface area contributed by atoms with E-state index in [1.165, 1.54) is 7.05 Å². The molecule has 5 N–H and O–H groups in total. The first-order chi connectivity index (χ1) is 10.5. The quantitative estimate of drug-likeness (QED) is 0.265. The first kappa shape index (κ1) is 17.3. The molecule has 0 spiro atoms. The van der Waals surface area contributed by atoms with E-state index in [2.05, 4.69) is 5.10 Å². The van der Waals surface area contributed by atoms with Crippen LogP contribution < -0.4 is 11.2 Å². The molecule has 2 aliphatic rings. The molecule has 0 aromatic heterocycles. The number of fused-ring (bicyclic) bond motifs is 1. The molecular formula is C10H12N4O7S2. The molecule has 2 rings (SSSR count). The smallest absolute Gasteiger partial charge is 0.332 e. The second kappa shape index (κ2) is 5.52. The third kappa shape index (κ3) is 2.78. The Labute approximate surface area is 132 Å². The third-order valence-corrected chi connectivity index (χ3v) is 5.55. The Morgan fingerprint density at radius 1 is 1.57 bits per heavy atom. The molecule has 1 aliphatic heterocycles. The zero-order chi connectivity index (χ0) is 17.6. The number of amides is 2. The lowest BCUT2D eigenvalue weighted by Crippen LogP contribution is -2.46. The van der Waals surface area contributed by atoms with Gasteiger partial charge in [-0.15, -0.1) is 0 Å². The highest BCUT2D eigenvalue weighted by molar-refractivity contribution is 7.88. The van der Waals surface area contributed by atoms with Gasteiger partial charge in [-0.25, -0.2) is 14.4 Å². The number of nitrogens with zero attached hydrogens (tertiary/aromatic N) is 2. The second-order valence-electron chi connectivity index (χ2n) is 4.76. The van der Waals surface area contributed by atoms with E-state index in [4.69, 9.17) is 5.73 Å². The fraction of sp³-hybridized carbons (Fsp3) is 0.300. The van der Waals surface area contributed by atoms with E-state index in [0.29, 0.717) is 0 Å². The molecule has 0 saturated heterocycles. The average Bonchev–Trinajstić information content (AvgIpc) is 2.70. The van der Waals surface area contributed by atoms with Crippen LogP contribution in [0.1, 0.15) is 6.42 Å². The zero-order valence-corrected chi connectivity index (χ0v) is 13.2. The van der Waals surface area contributed by atoms with Crippen molar-refractivity contribution in [1.29, 1.82) is 0 Å². The minimum absolute atomic E-state index is 0.194. The Kier molecular flexibility index (Phi) is 4.14. The van der Waals surface area contributed by atoms with Gasteiger partial charge in [0, 0.05) is 19.5 Å². The molecule has 0 fully saturated rings. The normalized spacial score (nSPS) is 27.3. The maximum atomic E-state index is 12.0. The van der Waals surface area contributed by atoms with Gasteiger partial charge in [0.1, 0.15) is 10.7 Å². The molecule has 0 aromatic carbocycles. The van der Waals surface area contributed by atoms with Gasteiger partial charge in [0.2, 0.25) is 16.9 Å². The number of carbonyl (C=O) groups excluding carboxylic acids is 2. The molecule has 13 heteroatoms. The van der Waals surface area contributed by atoms with Gasteiger partial charge in [-0.2, -0.15) is 13.5 Å². The minimum Gasteiger partial charge on any atom is -0.350 e. The van der Waals surface area contributed by atoms with Crippen LogP contribution in [-0.2, 0) is 26.0 Å². The van der Waals surface area contributed by atoms with Crippen LogP contribution in [0.3, 0.4) is 0 Å². The Morgan fingerprint density at radius 3 is 2.65 bits per heavy atom. The van der Waals surface area contributed by atoms with E-state index in [-0.39, 0.29) is 16.4 Å². The number of ketones is 1. The van der Waals surface area contributed by atoms with Crippen LogP contribution in [-0.4, -0.2) is 56.0 Å². The van der Waals surface area contributed by atoms with Crippen molar-refractivity contribution in [3.05, 3.63) is 22.9 Å². The molecule has 126 valence electrons. The van der Waals surface area contributed by atoms with Gasteiger partial charge < -0.3 is 15.2 Å². The van der Waals surface area contributed by atoms with Crippen molar-refractivity contribution >= 4 is 38.7 Å². The van der Waals surface area contributed by atoms with Crippen LogP contribution in [0.15, 0.2) is 28.0 Å². The van der Waals surface area contributed by atoms with Crippen molar-refractivity contribution in [2.75, 3.05) is 7.05 Å². The summed E-state index contributed by atoms with van der Waals surface area (Å²) < 4.78 is 51.7. The van der Waals surface area contributed by atoms with Crippen LogP contribution in [0.5, 0.6) is 0 Å². The van der Waals surface area contributed by atoms with Crippen LogP contribution >= 0.6 is 0 Å². The largest absolute Gasteiger partial charge is 0.350 e. The highest BCUT2D eigenvalue weighted by Crippen LogP contribution is 2.44. The predicted octanol–water partition coefficient (Wildman–Crippen LogP) is -1.50. The SMILES string of the molecule is CN1C(S(=O)O)=CC2(S(=O)(=O)O)C/C(=N/NC(N)=O)C(=O)C=C12. The number of carbonyl (C=O) groups is 2. The summed E-state index contributed by atoms with van der Waals surface area (Å²) in [5, 5.41) is 3.10. The molecule has 2 unspecified atom stereocenters. The van der Waals surface area contributed by atoms with Gasteiger partial charge in [-0.3, -0.25) is 9.35 Å². The highest BCUT2D eigenvalue weighted by atomic mass is 32.2. The second-order valence-corrected chi connectivity index (χ2v) is 7.36. The summed E-state index contributed by atoms with van der Waals surface area (Å²) in [6.07, 6.45) is 1.09. The van der Waals surface area contributed by atoms with E-state index in [1.807, 2.05) is 0 Å². The van der Waals surface area contributed by atoms with Crippen molar-refractivity contribution in [2.45, 2.75) is 11.2 Å². The molecule has 0 aromatic rings. The monoisotopic (exact) mass is 364 g/mol. The van der Waals surface area contributed by atoms with Crippen LogP contribution in [0.4, 0.5) is 4.79 Å². The standard InChI is InChI=1S/C10H12N4O7S2/c1-14-7-2-6(15)5(12-13-9(11)16)3-10(7,23(19,20)21)4-8(14)22(17)18/h2,4H,3H2,1H3,(H,17,18)(H3,11,13,16)(H,19,20,21)/b12-5-. The van der Waals surface area contributed by atoms with Gasteiger partial charge in [0.15, 0.2) is 4.75 Å². The number of rotatable bonds is 3. The summed E-state index contributed by atoms with van der Waals surface area (Å²) in [5.41, 5.74) is 6.03. The van der Waals surface area contributed by atoms with Crippen LogP contribution in [0, 0.1) is 0 Å². The maximum absolute atomic E-state index is 12.0. The van der Waals surface area contributed by atoms with Crippen molar-refractivity contribution in [1.82, 2.24) is 10.3 Å². The van der Waals surface area contributed by atoms with E-state index in [1.54, 1.807) is 5.43 Å². The van der Waals surface area contributed by atoms with Crippen molar-refractivity contribution < 1.29 is 31.3 Å². The zero-order valence-electron chi connectivity index (χ0n) is 11.6. The summed E-state index contributed by atoms with van der Waals surface area (Å²) in [5.74, 6) is -0.738. The molecule has 0 radical (unpaired) electrons. The average molecular weight is 364 g/mol. The lowest BCUT2D eigenvalue weighted by Gasteiger charge is -2.31. The summed E-state index contributed by atoms with van der Waals surface area (Å²) in [6, 6.07) is -1.07. The van der Waals surface area contributed by atoms with Gasteiger partial charge in [0.25, 0.3) is 10.1 Å². The predicted molar refractivity (Wildman–Crippen MR) is 78.8 cm³/mol. The summed E-state index contributed by atoms with van der Waals surface area (Å²) in [4.78, 5) is 23.7. The molecule has 0 saturated carbocycles. The molecule has 1 aliphatic carbocycles. The summed E-state index contributed by atoms with van der Waals surface area (Å²) in [6.45, 7) is 0. The number of allylic oxidation sites excluding steroid dienone is 1. The Balaban J connectivity index is 2.66. The van der Waals surface area contributed by atoms with Crippen molar-refractivity contribution in [3.63, 3.8) is 0 Å². The molecule has 2 atom stereocenters. The van der Waals surface area contributed by atoms with E-state index >= 15 is 0 Å². The Morgan fingerprint density at radius 2 is 2.17 bits per heavy atom. The summed E-state index contributed by atoms with van der Waals surface area (Å²) >= 11 is -2.55. The van der Waals surface area contributed by atoms with Crippen LogP contribution in [0.25, 0.3) is 0 Å². The number of hydrogen-bond acceptors (Lipinski definition) is 7. The topological polar surface area (TPSA) is 179 Å². The summed E-state index contributed by atoms with van der Waals surface area (Å²) in [7, 11) is -3.55. The lowest BCUT2D eigenvalue weighted by molar-refractivity contribution is -0.109. The number of hydrazone groups is 1. The van der Waals surface area contributed by atoms with E-state index in [0.717, 1.165) is 17.1 Å². The van der Waals surface area contributed by atoms with Crippen molar-refractivity contribution in [2.24, 2.45) is 10.8 Å². The molecule has 11 nitrogen and oxygen atoms in total. The molecule has 2 amide bonds. The highest BCUT2D eigenvalue weighted by Gasteiger charge is 2.55. The minimum atomic E-state index is -4.83. The Bertz CT molecular complexity index is 813. The van der Waals surface area contributed by atoms with Crippen molar-refractivity contribution in [3.8, 4) is 0 Å². The third-order valence-electron chi connectivity index (χ3n) is 3.40. The number of primary amides is 1. The first-order valence-electron chi connectivity index (χ1n) is 5.92. The number of nitrogens with two attached hydrogens (primary N) is 1. The van der Waals surface area contributed by atoms with Gasteiger partial charge in [-0.1, -0.05) is 0 Å². The van der Waals surface area contributed by atoms with Crippen LogP contribution in [0.2, 0.25) is 0 Å². The molecule has 23 heavy (non-hydrogen) atoms. The van der Waals surface area contributed by atoms with Gasteiger partial charge in [0.05, 0.1) is 5.70 Å². The molecule has 0 bridgehead atoms. The molecule has 1 heterocycles. The fourth-order valence-electron chi connectivity index (χ4n) is 2.36. The lowest BCUT2D eigenvalue weighted by atomic mass is 9.90. The van der Waals surface area contributed by atoms with Gasteiger partial charge in [-0.05, 0) is 6.08 Å². The number of urea groups is 1. The fourth-order valence-corrected chi connectivity index (χ4v) is 4.11. The van der Waals surface area contributed by atoms with Gasteiger partial charge >= 0.3 is 6.03 Å². The first-order valence-corrected chi connectivity index (χ1v) is 8.47. The Hall–Kier alpha value is -2.09. The van der Waals surface area contributed by atoms with E-state index < -0.39 is 44.2 Å². The number of nitrogens with one attached hydrogen (secondary N) is 1. The molecular weight excluding hydrogens is 352 g/mol. The van der Waals surface area contributed by atoms with E-state index in [9.17, 15) is 31.3 Å². The number of hydrogen-bond donors (Lipinski definition) is 4.